The van der Waals surface area contributed by atoms with E-state index in [0.717, 1.165) is 22.3 Å². The lowest BCUT2D eigenvalue weighted by Crippen LogP contribution is -2.32. The average Bonchev–Trinajstić information content (AvgIpc) is 3.77. The van der Waals surface area contributed by atoms with Gasteiger partial charge in [-0.1, -0.05) is 156 Å². The van der Waals surface area contributed by atoms with E-state index in [2.05, 4.69) is 0 Å². The number of aromatic nitrogens is 2. The van der Waals surface area contributed by atoms with E-state index in [1.54, 1.807) is 7.11 Å². The summed E-state index contributed by atoms with van der Waals surface area (Å²) in [6, 6.07) is 50.9. The molecule has 0 saturated carbocycles. The first-order valence-electron chi connectivity index (χ1n) is 16.3. The number of hydrogen-bond donors (Lipinski definition) is 0. The third-order valence-corrected chi connectivity index (χ3v) is 9.87. The van der Waals surface area contributed by atoms with Crippen molar-refractivity contribution in [3.63, 3.8) is 0 Å². The van der Waals surface area contributed by atoms with E-state index in [-0.39, 0.29) is 0 Å². The number of para-hydroxylation sites is 1. The quantitative estimate of drug-likeness (QED) is 0.157. The lowest BCUT2D eigenvalue weighted by molar-refractivity contribution is 0.403. The van der Waals surface area contributed by atoms with Crippen molar-refractivity contribution in [2.45, 2.75) is 5.79 Å². The Labute approximate surface area is 311 Å². The number of imidazole rings is 1. The Morgan fingerprint density at radius 3 is 1.53 bits per heavy atom. The summed E-state index contributed by atoms with van der Waals surface area (Å²) in [4.78, 5) is 16.8. The highest BCUT2D eigenvalue weighted by Gasteiger charge is 2.46. The Morgan fingerprint density at radius 2 is 0.980 bits per heavy atom. The van der Waals surface area contributed by atoms with E-state index in [9.17, 15) is 0 Å². The summed E-state index contributed by atoms with van der Waals surface area (Å²) in [6.45, 7) is 0. The van der Waals surface area contributed by atoms with Crippen LogP contribution in [-0.2, 0) is 5.79 Å². The number of hydrogen-bond acceptors (Lipinski definition) is 4. The molecule has 8 rings (SSSR count). The van der Waals surface area contributed by atoms with Crippen LogP contribution in [0.1, 0.15) is 16.7 Å². The summed E-state index contributed by atoms with van der Waals surface area (Å²) in [5.41, 5.74) is 7.29. The maximum Gasteiger partial charge on any atom is 0.263 e. The third-order valence-electron chi connectivity index (χ3n) is 8.88. The van der Waals surface area contributed by atoms with Crippen LogP contribution in [0.4, 0.5) is 0 Å². The first-order chi connectivity index (χ1) is 25.0. The highest BCUT2D eigenvalue weighted by Crippen LogP contribution is 2.50. The molecule has 0 aliphatic carbocycles. The van der Waals surface area contributed by atoms with Crippen molar-refractivity contribution in [1.29, 1.82) is 0 Å². The number of halogens is 3. The molecule has 0 atom stereocenters. The maximum atomic E-state index is 7.22. The SMILES string of the molecule is COc1ccccc1-c1c(-c2ccccc2Cl)nc(-c2ccccc2Cl)n1C1(c2ccccc2Cl)N=C(c2ccccc2)C(c2ccccc2)=N1. The Morgan fingerprint density at radius 1 is 0.510 bits per heavy atom. The zero-order valence-electron chi connectivity index (χ0n) is 27.3. The van der Waals surface area contributed by atoms with Gasteiger partial charge in [-0.3, -0.25) is 4.57 Å². The first-order valence-corrected chi connectivity index (χ1v) is 17.5. The number of aliphatic imine (C=N–C) groups is 2. The zero-order valence-corrected chi connectivity index (χ0v) is 29.6. The molecule has 6 aromatic carbocycles. The monoisotopic (exact) mass is 722 g/mol. The molecule has 51 heavy (non-hydrogen) atoms. The van der Waals surface area contributed by atoms with Crippen molar-refractivity contribution >= 4 is 46.2 Å². The van der Waals surface area contributed by atoms with Crippen LogP contribution in [0.15, 0.2) is 168 Å². The van der Waals surface area contributed by atoms with Crippen molar-refractivity contribution in [1.82, 2.24) is 9.55 Å². The lowest BCUT2D eigenvalue weighted by Gasteiger charge is -2.31. The van der Waals surface area contributed by atoms with Gasteiger partial charge in [-0.15, -0.1) is 0 Å². The van der Waals surface area contributed by atoms with Gasteiger partial charge in [0.05, 0.1) is 45.0 Å². The number of nitrogens with zero attached hydrogens (tertiary/aromatic N) is 4. The van der Waals surface area contributed by atoms with Crippen molar-refractivity contribution in [2.24, 2.45) is 9.98 Å². The van der Waals surface area contributed by atoms with Gasteiger partial charge in [-0.25, -0.2) is 15.0 Å². The molecular formula is C43H29Cl3N4O. The zero-order chi connectivity index (χ0) is 35.0. The van der Waals surface area contributed by atoms with Gasteiger partial charge >= 0.3 is 0 Å². The molecule has 1 aliphatic heterocycles. The number of methoxy groups -OCH3 is 1. The Kier molecular flexibility index (Phi) is 8.78. The van der Waals surface area contributed by atoms with Crippen LogP contribution in [0.5, 0.6) is 5.75 Å². The summed E-state index contributed by atoms with van der Waals surface area (Å²) < 4.78 is 8.07. The minimum absolute atomic E-state index is 0.482. The second kappa shape index (κ2) is 13.7. The van der Waals surface area contributed by atoms with E-state index in [0.29, 0.717) is 60.6 Å². The third kappa shape index (κ3) is 5.74. The predicted octanol–water partition coefficient (Wildman–Crippen LogP) is 11.5. The fourth-order valence-electron chi connectivity index (χ4n) is 6.59. The molecule has 1 aliphatic rings. The van der Waals surface area contributed by atoms with Crippen molar-refractivity contribution in [3.8, 4) is 39.7 Å². The molecule has 8 heteroatoms. The minimum atomic E-state index is -1.52. The normalized spacial score (nSPS) is 13.5. The molecule has 0 spiro atoms. The van der Waals surface area contributed by atoms with E-state index in [1.165, 1.54) is 0 Å². The maximum absolute atomic E-state index is 7.22. The largest absolute Gasteiger partial charge is 0.496 e. The van der Waals surface area contributed by atoms with E-state index in [1.807, 2.05) is 162 Å². The fraction of sp³-hybridized carbons (Fsp3) is 0.0465. The summed E-state index contributed by atoms with van der Waals surface area (Å²) in [7, 11) is 1.65. The van der Waals surface area contributed by atoms with Crippen LogP contribution in [0, 0.1) is 0 Å². The molecule has 248 valence electrons. The standard InChI is InChI=1S/C43H29Cl3N4O/c1-51-37-27-15-10-22-32(37)41-40(30-20-8-12-24-34(30)44)47-42(31-21-9-13-25-35(31)45)50(41)43(33-23-11-14-26-36(33)46)48-38(28-16-4-2-5-17-28)39(49-43)29-18-6-3-7-19-29/h2-27H,1H3. The first kappa shape index (κ1) is 32.7. The van der Waals surface area contributed by atoms with E-state index >= 15 is 0 Å². The summed E-state index contributed by atoms with van der Waals surface area (Å²) >= 11 is 21.3. The number of benzene rings is 6. The Bertz CT molecular complexity index is 2400. The topological polar surface area (TPSA) is 51.8 Å². The average molecular weight is 724 g/mol. The van der Waals surface area contributed by atoms with Gasteiger partial charge in [-0.2, -0.15) is 0 Å². The molecular weight excluding hydrogens is 695 g/mol. The predicted molar refractivity (Wildman–Crippen MR) is 210 cm³/mol. The van der Waals surface area contributed by atoms with Crippen LogP contribution >= 0.6 is 34.8 Å². The molecule has 1 aromatic heterocycles. The molecule has 7 aromatic rings. The lowest BCUT2D eigenvalue weighted by atomic mass is 10.0. The van der Waals surface area contributed by atoms with Gasteiger partial charge in [0.25, 0.3) is 5.79 Å². The summed E-state index contributed by atoms with van der Waals surface area (Å²) in [6.07, 6.45) is 0. The minimum Gasteiger partial charge on any atom is -0.496 e. The van der Waals surface area contributed by atoms with Gasteiger partial charge in [0.2, 0.25) is 0 Å². The van der Waals surface area contributed by atoms with Crippen LogP contribution in [-0.4, -0.2) is 28.1 Å². The van der Waals surface area contributed by atoms with E-state index < -0.39 is 5.79 Å². The van der Waals surface area contributed by atoms with Gasteiger partial charge in [0, 0.05) is 33.4 Å². The molecule has 2 heterocycles. The van der Waals surface area contributed by atoms with Crippen LogP contribution in [0.25, 0.3) is 33.9 Å². The van der Waals surface area contributed by atoms with Gasteiger partial charge < -0.3 is 4.74 Å². The van der Waals surface area contributed by atoms with Crippen molar-refractivity contribution in [3.05, 3.63) is 189 Å². The van der Waals surface area contributed by atoms with Crippen LogP contribution in [0.3, 0.4) is 0 Å². The smallest absolute Gasteiger partial charge is 0.263 e. The highest BCUT2D eigenvalue weighted by atomic mass is 35.5. The number of ether oxygens (including phenoxy) is 1. The van der Waals surface area contributed by atoms with Crippen LogP contribution < -0.4 is 4.74 Å². The molecule has 0 amide bonds. The molecule has 0 N–H and O–H groups in total. The summed E-state index contributed by atoms with van der Waals surface area (Å²) in [5, 5.41) is 1.52. The molecule has 0 bridgehead atoms. The van der Waals surface area contributed by atoms with Crippen molar-refractivity contribution < 1.29 is 4.74 Å². The van der Waals surface area contributed by atoms with Crippen molar-refractivity contribution in [2.75, 3.05) is 7.11 Å². The second-order valence-corrected chi connectivity index (χ2v) is 13.1. The van der Waals surface area contributed by atoms with Gasteiger partial charge in [-0.05, 0) is 36.4 Å². The van der Waals surface area contributed by atoms with Gasteiger partial charge in [0.15, 0.2) is 0 Å². The Hall–Kier alpha value is -5.46. The molecule has 5 nitrogen and oxygen atoms in total. The fourth-order valence-corrected chi connectivity index (χ4v) is 7.30. The Balaban J connectivity index is 1.62. The second-order valence-electron chi connectivity index (χ2n) is 11.9. The van der Waals surface area contributed by atoms with Crippen LogP contribution in [0.2, 0.25) is 15.1 Å². The molecule has 0 saturated heterocycles. The number of rotatable bonds is 8. The van der Waals surface area contributed by atoms with E-state index in [4.69, 9.17) is 54.5 Å². The molecule has 0 unspecified atom stereocenters. The molecule has 0 radical (unpaired) electrons. The summed E-state index contributed by atoms with van der Waals surface area (Å²) in [5.74, 6) is -0.374. The van der Waals surface area contributed by atoms with Gasteiger partial charge in [0.1, 0.15) is 11.6 Å². The highest BCUT2D eigenvalue weighted by molar-refractivity contribution is 6.54. The molecule has 0 fully saturated rings.